The van der Waals surface area contributed by atoms with Crippen LogP contribution in [-0.4, -0.2) is 50.5 Å². The zero-order chi connectivity index (χ0) is 15.4. The number of hydrogen-bond donors (Lipinski definition) is 1. The van der Waals surface area contributed by atoms with Gasteiger partial charge in [-0.25, -0.2) is 4.68 Å². The lowest BCUT2D eigenvalue weighted by atomic mass is 10.1. The van der Waals surface area contributed by atoms with Crippen LogP contribution in [0.1, 0.15) is 30.1 Å². The van der Waals surface area contributed by atoms with Gasteiger partial charge >= 0.3 is 5.97 Å². The van der Waals surface area contributed by atoms with Crippen LogP contribution in [0, 0.1) is 0 Å². The Morgan fingerprint density at radius 1 is 1.38 bits per heavy atom. The van der Waals surface area contributed by atoms with Crippen molar-refractivity contribution in [3.8, 4) is 0 Å². The molecule has 0 bridgehead atoms. The molecule has 0 saturated carbocycles. The molecule has 1 aromatic carbocycles. The van der Waals surface area contributed by atoms with E-state index in [1.165, 1.54) is 4.90 Å². The highest BCUT2D eigenvalue weighted by Crippen LogP contribution is 2.15. The van der Waals surface area contributed by atoms with Gasteiger partial charge in [-0.2, -0.15) is 0 Å². The summed E-state index contributed by atoms with van der Waals surface area (Å²) in [6.07, 6.45) is 0.493. The Kier molecular flexibility index (Phi) is 4.52. The SMILES string of the molecule is CCn1nnc2cc(C(=O)N(C)CCCC(=O)O)ccc21. The third-order valence-corrected chi connectivity index (χ3v) is 3.29. The first kappa shape index (κ1) is 15.0. The number of nitrogens with zero attached hydrogens (tertiary/aromatic N) is 4. The highest BCUT2D eigenvalue weighted by molar-refractivity contribution is 5.97. The summed E-state index contributed by atoms with van der Waals surface area (Å²) in [6.45, 7) is 3.10. The van der Waals surface area contributed by atoms with Gasteiger partial charge in [-0.05, 0) is 31.5 Å². The first-order chi connectivity index (χ1) is 10.0. The van der Waals surface area contributed by atoms with E-state index in [4.69, 9.17) is 5.11 Å². The van der Waals surface area contributed by atoms with Crippen LogP contribution in [0.5, 0.6) is 0 Å². The fourth-order valence-electron chi connectivity index (χ4n) is 2.13. The molecule has 0 atom stereocenters. The molecule has 0 radical (unpaired) electrons. The molecule has 0 unspecified atom stereocenters. The van der Waals surface area contributed by atoms with Crippen molar-refractivity contribution in [3.05, 3.63) is 23.8 Å². The Balaban J connectivity index is 2.10. The Morgan fingerprint density at radius 3 is 2.81 bits per heavy atom. The maximum atomic E-state index is 12.3. The molecule has 0 aliphatic heterocycles. The first-order valence-corrected chi connectivity index (χ1v) is 6.83. The highest BCUT2D eigenvalue weighted by Gasteiger charge is 2.14. The van der Waals surface area contributed by atoms with Crippen LogP contribution in [0.15, 0.2) is 18.2 Å². The minimum atomic E-state index is -0.853. The molecular formula is C14H18N4O3. The molecule has 7 nitrogen and oxygen atoms in total. The van der Waals surface area contributed by atoms with Gasteiger partial charge in [0.25, 0.3) is 5.91 Å². The summed E-state index contributed by atoms with van der Waals surface area (Å²) in [7, 11) is 1.66. The highest BCUT2D eigenvalue weighted by atomic mass is 16.4. The molecule has 1 amide bonds. The molecule has 2 rings (SSSR count). The molecule has 1 heterocycles. The maximum Gasteiger partial charge on any atom is 0.303 e. The Hall–Kier alpha value is -2.44. The number of carbonyl (C=O) groups excluding carboxylic acids is 1. The van der Waals surface area contributed by atoms with Gasteiger partial charge in [0.1, 0.15) is 5.52 Å². The van der Waals surface area contributed by atoms with Crippen molar-refractivity contribution in [2.24, 2.45) is 0 Å². The summed E-state index contributed by atoms with van der Waals surface area (Å²) in [5.74, 6) is -0.998. The lowest BCUT2D eigenvalue weighted by molar-refractivity contribution is -0.137. The number of carboxylic acids is 1. The molecule has 0 fully saturated rings. The van der Waals surface area contributed by atoms with Crippen molar-refractivity contribution in [1.29, 1.82) is 0 Å². The molecule has 0 aliphatic rings. The normalized spacial score (nSPS) is 10.8. The fourth-order valence-corrected chi connectivity index (χ4v) is 2.13. The number of hydrogen-bond acceptors (Lipinski definition) is 4. The van der Waals surface area contributed by atoms with Crippen molar-refractivity contribution < 1.29 is 14.7 Å². The number of carbonyl (C=O) groups is 2. The molecule has 0 spiro atoms. The second-order valence-electron chi connectivity index (χ2n) is 4.83. The van der Waals surface area contributed by atoms with E-state index in [1.54, 1.807) is 23.9 Å². The zero-order valence-corrected chi connectivity index (χ0v) is 12.1. The number of amides is 1. The molecule has 0 saturated heterocycles. The van der Waals surface area contributed by atoms with Crippen LogP contribution in [0.2, 0.25) is 0 Å². The molecule has 1 aromatic heterocycles. The summed E-state index contributed by atoms with van der Waals surface area (Å²) >= 11 is 0. The average Bonchev–Trinajstić information content (AvgIpc) is 2.88. The molecule has 0 aliphatic carbocycles. The van der Waals surface area contributed by atoms with E-state index in [2.05, 4.69) is 10.3 Å². The van der Waals surface area contributed by atoms with E-state index in [-0.39, 0.29) is 12.3 Å². The van der Waals surface area contributed by atoms with Crippen molar-refractivity contribution >= 4 is 22.9 Å². The lowest BCUT2D eigenvalue weighted by Gasteiger charge is -2.16. The Bertz CT molecular complexity index is 665. The quantitative estimate of drug-likeness (QED) is 0.868. The number of benzene rings is 1. The average molecular weight is 290 g/mol. The van der Waals surface area contributed by atoms with E-state index in [0.29, 0.717) is 24.0 Å². The third kappa shape index (κ3) is 3.36. The van der Waals surface area contributed by atoms with E-state index in [0.717, 1.165) is 12.1 Å². The van der Waals surface area contributed by atoms with Crippen LogP contribution < -0.4 is 0 Å². The minimum absolute atomic E-state index is 0.0570. The number of rotatable bonds is 6. The second kappa shape index (κ2) is 6.34. The molecule has 21 heavy (non-hydrogen) atoms. The predicted molar refractivity (Wildman–Crippen MR) is 77.0 cm³/mol. The number of aryl methyl sites for hydroxylation is 1. The smallest absolute Gasteiger partial charge is 0.303 e. The van der Waals surface area contributed by atoms with Crippen LogP contribution in [0.3, 0.4) is 0 Å². The van der Waals surface area contributed by atoms with Gasteiger partial charge in [0, 0.05) is 32.1 Å². The first-order valence-electron chi connectivity index (χ1n) is 6.83. The van der Waals surface area contributed by atoms with E-state index < -0.39 is 5.97 Å². The third-order valence-electron chi connectivity index (χ3n) is 3.29. The molecular weight excluding hydrogens is 272 g/mol. The van der Waals surface area contributed by atoms with Gasteiger partial charge in [-0.15, -0.1) is 5.10 Å². The van der Waals surface area contributed by atoms with Crippen LogP contribution >= 0.6 is 0 Å². The van der Waals surface area contributed by atoms with Gasteiger partial charge in [0.2, 0.25) is 0 Å². The molecule has 1 N–H and O–H groups in total. The predicted octanol–water partition coefficient (Wildman–Crippen LogP) is 1.39. The number of fused-ring (bicyclic) bond motifs is 1. The standard InChI is InChI=1S/C14H18N4O3/c1-3-18-12-7-6-10(9-11(12)15-16-18)14(21)17(2)8-4-5-13(19)20/h6-7,9H,3-5,8H2,1-2H3,(H,19,20). The Labute approximate surface area is 122 Å². The fraction of sp³-hybridized carbons (Fsp3) is 0.429. The lowest BCUT2D eigenvalue weighted by Crippen LogP contribution is -2.28. The monoisotopic (exact) mass is 290 g/mol. The van der Waals surface area contributed by atoms with Crippen LogP contribution in [-0.2, 0) is 11.3 Å². The molecule has 2 aromatic rings. The van der Waals surface area contributed by atoms with Crippen molar-refractivity contribution in [2.75, 3.05) is 13.6 Å². The van der Waals surface area contributed by atoms with Crippen LogP contribution in [0.25, 0.3) is 11.0 Å². The van der Waals surface area contributed by atoms with Crippen LogP contribution in [0.4, 0.5) is 0 Å². The second-order valence-corrected chi connectivity index (χ2v) is 4.83. The molecule has 112 valence electrons. The summed E-state index contributed by atoms with van der Waals surface area (Å²) in [4.78, 5) is 24.3. The summed E-state index contributed by atoms with van der Waals surface area (Å²) in [6, 6.07) is 5.29. The number of aliphatic carboxylic acids is 1. The van der Waals surface area contributed by atoms with Gasteiger partial charge in [-0.1, -0.05) is 5.21 Å². The van der Waals surface area contributed by atoms with Gasteiger partial charge in [0.05, 0.1) is 5.52 Å². The summed E-state index contributed by atoms with van der Waals surface area (Å²) in [5, 5.41) is 16.7. The van der Waals surface area contributed by atoms with Gasteiger partial charge in [0.15, 0.2) is 0 Å². The summed E-state index contributed by atoms with van der Waals surface area (Å²) in [5.41, 5.74) is 2.10. The minimum Gasteiger partial charge on any atom is -0.481 e. The van der Waals surface area contributed by atoms with Crippen molar-refractivity contribution in [1.82, 2.24) is 19.9 Å². The van der Waals surface area contributed by atoms with E-state index >= 15 is 0 Å². The largest absolute Gasteiger partial charge is 0.481 e. The maximum absolute atomic E-state index is 12.3. The van der Waals surface area contributed by atoms with Crippen molar-refractivity contribution in [3.63, 3.8) is 0 Å². The topological polar surface area (TPSA) is 88.3 Å². The van der Waals surface area contributed by atoms with E-state index in [1.807, 2.05) is 13.0 Å². The van der Waals surface area contributed by atoms with Crippen molar-refractivity contribution in [2.45, 2.75) is 26.3 Å². The number of carboxylic acid groups (broad SMARTS) is 1. The molecule has 7 heteroatoms. The van der Waals surface area contributed by atoms with E-state index in [9.17, 15) is 9.59 Å². The Morgan fingerprint density at radius 2 is 2.14 bits per heavy atom. The summed E-state index contributed by atoms with van der Waals surface area (Å²) < 4.78 is 1.76. The van der Waals surface area contributed by atoms with Gasteiger partial charge in [-0.3, -0.25) is 9.59 Å². The zero-order valence-electron chi connectivity index (χ0n) is 12.1. The number of aromatic nitrogens is 3. The van der Waals surface area contributed by atoms with Gasteiger partial charge < -0.3 is 10.0 Å².